The third kappa shape index (κ3) is 2.09. The van der Waals surface area contributed by atoms with Gasteiger partial charge in [0.2, 0.25) is 0 Å². The van der Waals surface area contributed by atoms with E-state index < -0.39 is 6.23 Å². The van der Waals surface area contributed by atoms with E-state index in [4.69, 9.17) is 0 Å². The molecule has 2 N–H and O–H groups in total. The molecule has 4 heteroatoms. The molecular weight excluding hydrogens is 274 g/mol. The van der Waals surface area contributed by atoms with Crippen LogP contribution in [0.15, 0.2) is 54.9 Å². The van der Waals surface area contributed by atoms with Gasteiger partial charge in [-0.3, -0.25) is 15.4 Å². The van der Waals surface area contributed by atoms with Crippen LogP contribution in [0, 0.1) is 6.92 Å². The molecule has 0 amide bonds. The fourth-order valence-electron chi connectivity index (χ4n) is 2.94. The molecule has 0 bridgehead atoms. The maximum Gasteiger partial charge on any atom is 0.149 e. The Morgan fingerprint density at radius 2 is 1.95 bits per heavy atom. The number of fused-ring (bicyclic) bond motifs is 3. The standard InChI is InChI=1S/C18H17N3O/c1-12-2-6-15(7-3-12)21-17(22)10-13-4-5-14-11-19-9-8-16(14)18(13)20-21/h2-9,11,17,20,22H,10H2,1H3. The molecule has 4 nitrogen and oxygen atoms in total. The van der Waals surface area contributed by atoms with Gasteiger partial charge in [0, 0.05) is 29.6 Å². The Morgan fingerprint density at radius 1 is 1.14 bits per heavy atom. The van der Waals surface area contributed by atoms with Crippen LogP contribution in [0.25, 0.3) is 10.8 Å². The highest BCUT2D eigenvalue weighted by Gasteiger charge is 2.25. The Bertz CT molecular complexity index is 829. The third-order valence-corrected chi connectivity index (χ3v) is 4.15. The molecule has 1 aliphatic rings. The number of pyridine rings is 1. The Balaban J connectivity index is 1.80. The summed E-state index contributed by atoms with van der Waals surface area (Å²) in [4.78, 5) is 4.17. The number of aliphatic hydroxyl groups is 1. The van der Waals surface area contributed by atoms with Crippen molar-refractivity contribution in [2.45, 2.75) is 19.6 Å². The zero-order valence-corrected chi connectivity index (χ0v) is 12.3. The lowest BCUT2D eigenvalue weighted by atomic mass is 10.0. The van der Waals surface area contributed by atoms with E-state index >= 15 is 0 Å². The smallest absolute Gasteiger partial charge is 0.149 e. The summed E-state index contributed by atoms with van der Waals surface area (Å²) in [7, 11) is 0. The SMILES string of the molecule is Cc1ccc(N2Nc3c(ccc4cnccc34)CC2O)cc1. The van der Waals surface area contributed by atoms with Gasteiger partial charge in [0.1, 0.15) is 6.23 Å². The summed E-state index contributed by atoms with van der Waals surface area (Å²) in [5, 5.41) is 14.5. The monoisotopic (exact) mass is 291 g/mol. The van der Waals surface area contributed by atoms with E-state index in [2.05, 4.69) is 29.5 Å². The molecule has 0 spiro atoms. The summed E-state index contributed by atoms with van der Waals surface area (Å²) in [5.74, 6) is 0. The van der Waals surface area contributed by atoms with Crippen LogP contribution >= 0.6 is 0 Å². The van der Waals surface area contributed by atoms with E-state index in [1.54, 1.807) is 6.20 Å². The molecular formula is C18H17N3O. The minimum Gasteiger partial charge on any atom is -0.371 e. The summed E-state index contributed by atoms with van der Waals surface area (Å²) < 4.78 is 0. The average molecular weight is 291 g/mol. The van der Waals surface area contributed by atoms with Gasteiger partial charge in [-0.2, -0.15) is 0 Å². The van der Waals surface area contributed by atoms with Gasteiger partial charge in [0.15, 0.2) is 0 Å². The summed E-state index contributed by atoms with van der Waals surface area (Å²) >= 11 is 0. The molecule has 1 aliphatic heterocycles. The van der Waals surface area contributed by atoms with E-state index in [0.29, 0.717) is 6.42 Å². The summed E-state index contributed by atoms with van der Waals surface area (Å²) in [6, 6.07) is 14.2. The number of aliphatic hydroxyl groups excluding tert-OH is 1. The van der Waals surface area contributed by atoms with Crippen molar-refractivity contribution in [2.75, 3.05) is 10.4 Å². The lowest BCUT2D eigenvalue weighted by Gasteiger charge is -2.37. The second-order valence-electron chi connectivity index (χ2n) is 5.70. The summed E-state index contributed by atoms with van der Waals surface area (Å²) in [6.45, 7) is 2.06. The third-order valence-electron chi connectivity index (χ3n) is 4.15. The first-order valence-electron chi connectivity index (χ1n) is 7.38. The second-order valence-corrected chi connectivity index (χ2v) is 5.70. The highest BCUT2D eigenvalue weighted by atomic mass is 16.3. The Morgan fingerprint density at radius 3 is 2.77 bits per heavy atom. The number of aromatic nitrogens is 1. The number of hydrazine groups is 1. The quantitative estimate of drug-likeness (QED) is 0.722. The maximum atomic E-state index is 10.5. The Labute approximate surface area is 129 Å². The molecule has 3 aromatic rings. The zero-order chi connectivity index (χ0) is 15.1. The van der Waals surface area contributed by atoms with Gasteiger partial charge in [0.25, 0.3) is 0 Å². The molecule has 1 atom stereocenters. The molecule has 4 rings (SSSR count). The van der Waals surface area contributed by atoms with Crippen molar-refractivity contribution < 1.29 is 5.11 Å². The highest BCUT2D eigenvalue weighted by molar-refractivity contribution is 5.96. The lowest BCUT2D eigenvalue weighted by molar-refractivity contribution is 0.171. The van der Waals surface area contributed by atoms with Crippen molar-refractivity contribution in [1.82, 2.24) is 4.98 Å². The van der Waals surface area contributed by atoms with E-state index in [0.717, 1.165) is 27.7 Å². The topological polar surface area (TPSA) is 48.4 Å². The lowest BCUT2D eigenvalue weighted by Crippen LogP contribution is -2.45. The fourth-order valence-corrected chi connectivity index (χ4v) is 2.94. The number of anilines is 2. The second kappa shape index (κ2) is 5.00. The first-order valence-corrected chi connectivity index (χ1v) is 7.38. The molecule has 1 unspecified atom stereocenters. The van der Waals surface area contributed by atoms with Crippen LogP contribution in [0.1, 0.15) is 11.1 Å². The van der Waals surface area contributed by atoms with Crippen molar-refractivity contribution >= 4 is 22.1 Å². The van der Waals surface area contributed by atoms with Gasteiger partial charge in [-0.25, -0.2) is 0 Å². The van der Waals surface area contributed by atoms with Gasteiger partial charge in [-0.1, -0.05) is 29.8 Å². The number of rotatable bonds is 1. The fraction of sp³-hybridized carbons (Fsp3) is 0.167. The van der Waals surface area contributed by atoms with Gasteiger partial charge in [-0.15, -0.1) is 0 Å². The number of aryl methyl sites for hydroxylation is 1. The number of nitrogens with one attached hydrogen (secondary N) is 1. The van der Waals surface area contributed by atoms with Crippen molar-refractivity contribution in [1.29, 1.82) is 0 Å². The maximum absolute atomic E-state index is 10.5. The van der Waals surface area contributed by atoms with Crippen LogP contribution in [-0.2, 0) is 6.42 Å². The predicted octanol–water partition coefficient (Wildman–Crippen LogP) is 3.25. The molecule has 0 fully saturated rings. The molecule has 22 heavy (non-hydrogen) atoms. The van der Waals surface area contributed by atoms with Crippen molar-refractivity contribution in [3.05, 3.63) is 66.0 Å². The Kier molecular flexibility index (Phi) is 2.98. The average Bonchev–Trinajstić information content (AvgIpc) is 2.55. The number of hydrogen-bond acceptors (Lipinski definition) is 4. The van der Waals surface area contributed by atoms with Gasteiger partial charge < -0.3 is 5.11 Å². The molecule has 1 aromatic heterocycles. The first-order chi connectivity index (χ1) is 10.7. The van der Waals surface area contributed by atoms with Crippen molar-refractivity contribution in [3.63, 3.8) is 0 Å². The van der Waals surface area contributed by atoms with Gasteiger partial charge in [-0.05, 0) is 30.7 Å². The summed E-state index contributed by atoms with van der Waals surface area (Å²) in [6.07, 6.45) is 3.66. The van der Waals surface area contributed by atoms with E-state index in [1.165, 1.54) is 5.56 Å². The summed E-state index contributed by atoms with van der Waals surface area (Å²) in [5.41, 5.74) is 7.70. The van der Waals surface area contributed by atoms with Gasteiger partial charge >= 0.3 is 0 Å². The number of hydrogen-bond donors (Lipinski definition) is 2. The van der Waals surface area contributed by atoms with E-state index in [9.17, 15) is 5.11 Å². The highest BCUT2D eigenvalue weighted by Crippen LogP contribution is 2.34. The van der Waals surface area contributed by atoms with Crippen LogP contribution in [0.2, 0.25) is 0 Å². The van der Waals surface area contributed by atoms with Crippen LogP contribution in [0.4, 0.5) is 11.4 Å². The number of nitrogens with zero attached hydrogens (tertiary/aromatic N) is 2. The first kappa shape index (κ1) is 13.1. The molecule has 0 saturated heterocycles. The van der Waals surface area contributed by atoms with Crippen LogP contribution in [0.5, 0.6) is 0 Å². The largest absolute Gasteiger partial charge is 0.371 e. The molecule has 0 aliphatic carbocycles. The molecule has 2 heterocycles. The van der Waals surface area contributed by atoms with E-state index in [1.807, 2.05) is 41.5 Å². The Hall–Kier alpha value is -2.59. The van der Waals surface area contributed by atoms with Crippen LogP contribution in [0.3, 0.4) is 0 Å². The minimum absolute atomic E-state index is 0.588. The predicted molar refractivity (Wildman–Crippen MR) is 88.7 cm³/mol. The van der Waals surface area contributed by atoms with Crippen LogP contribution in [-0.4, -0.2) is 16.3 Å². The molecule has 110 valence electrons. The molecule has 2 aromatic carbocycles. The minimum atomic E-state index is -0.588. The van der Waals surface area contributed by atoms with Gasteiger partial charge in [0.05, 0.1) is 11.4 Å². The number of benzene rings is 2. The van der Waals surface area contributed by atoms with Crippen LogP contribution < -0.4 is 10.4 Å². The zero-order valence-electron chi connectivity index (χ0n) is 12.3. The molecule has 0 saturated carbocycles. The molecule has 0 radical (unpaired) electrons. The van der Waals surface area contributed by atoms with Crippen molar-refractivity contribution in [2.24, 2.45) is 0 Å². The van der Waals surface area contributed by atoms with E-state index in [-0.39, 0.29) is 0 Å². The normalized spacial score (nSPS) is 17.2. The van der Waals surface area contributed by atoms with Crippen molar-refractivity contribution in [3.8, 4) is 0 Å².